The van der Waals surface area contributed by atoms with E-state index in [0.29, 0.717) is 11.3 Å². The summed E-state index contributed by atoms with van der Waals surface area (Å²) in [4.78, 5) is 40.6. The molecule has 3 atom stereocenters. The largest absolute Gasteiger partial charge is 0.456 e. The number of fused-ring (bicyclic) bond motifs is 4. The van der Waals surface area contributed by atoms with E-state index >= 15 is 0 Å². The van der Waals surface area contributed by atoms with Crippen LogP contribution in [0.2, 0.25) is 0 Å². The van der Waals surface area contributed by atoms with Crippen molar-refractivity contribution in [2.45, 2.75) is 37.4 Å². The van der Waals surface area contributed by atoms with Gasteiger partial charge in [-0.3, -0.25) is 14.5 Å². The van der Waals surface area contributed by atoms with E-state index in [1.807, 2.05) is 49.4 Å². The molecule has 7 nitrogen and oxygen atoms in total. The summed E-state index contributed by atoms with van der Waals surface area (Å²) in [6, 6.07) is 21.7. The van der Waals surface area contributed by atoms with Crippen LogP contribution in [0.4, 0.5) is 0 Å². The van der Waals surface area contributed by atoms with E-state index in [0.717, 1.165) is 17.6 Å². The molecule has 192 valence electrons. The summed E-state index contributed by atoms with van der Waals surface area (Å²) >= 11 is 1.51. The molecule has 1 aliphatic carbocycles. The molecule has 2 aliphatic heterocycles. The Morgan fingerprint density at radius 1 is 1.05 bits per heavy atom. The Labute approximate surface area is 225 Å². The van der Waals surface area contributed by atoms with E-state index in [1.165, 1.54) is 38.9 Å². The Morgan fingerprint density at radius 3 is 2.61 bits per heavy atom. The summed E-state index contributed by atoms with van der Waals surface area (Å²) in [7, 11) is 0. The second kappa shape index (κ2) is 9.78. The molecule has 6 rings (SSSR count). The molecule has 2 heterocycles. The van der Waals surface area contributed by atoms with Crippen molar-refractivity contribution < 1.29 is 19.1 Å². The molecular formula is C30H27N3O4S. The van der Waals surface area contributed by atoms with E-state index in [2.05, 4.69) is 23.5 Å². The van der Waals surface area contributed by atoms with Gasteiger partial charge in [-0.05, 0) is 52.3 Å². The van der Waals surface area contributed by atoms with Gasteiger partial charge in [0, 0.05) is 5.75 Å². The summed E-state index contributed by atoms with van der Waals surface area (Å²) in [5, 5.41) is 2.40. The Bertz CT molecular complexity index is 1490. The number of nitrogens with two attached hydrogens (primary N) is 1. The van der Waals surface area contributed by atoms with Crippen LogP contribution in [0.25, 0.3) is 11.1 Å². The highest BCUT2D eigenvalue weighted by atomic mass is 32.2. The fourth-order valence-electron chi connectivity index (χ4n) is 5.39. The van der Waals surface area contributed by atoms with Crippen LogP contribution in [0.3, 0.4) is 0 Å². The Hall–Kier alpha value is -3.88. The quantitative estimate of drug-likeness (QED) is 0.294. The number of benzene rings is 3. The van der Waals surface area contributed by atoms with Crippen LogP contribution in [-0.4, -0.2) is 39.9 Å². The maximum Gasteiger partial charge on any atom is 0.355 e. The topological polar surface area (TPSA) is 102 Å². The SMILES string of the molecule is CC1=C(C(=O)OCc2cccc3c2Cc2ccccc2-3)N2C(=O)[C@@H](NC(=O)[C@H](N)c3ccccc3)[C@H]2SC1. The van der Waals surface area contributed by atoms with Gasteiger partial charge in [-0.2, -0.15) is 0 Å². The monoisotopic (exact) mass is 525 g/mol. The van der Waals surface area contributed by atoms with Gasteiger partial charge >= 0.3 is 5.97 Å². The van der Waals surface area contributed by atoms with Crippen LogP contribution < -0.4 is 11.1 Å². The number of thioether (sulfide) groups is 1. The van der Waals surface area contributed by atoms with Crippen molar-refractivity contribution in [2.75, 3.05) is 5.75 Å². The number of nitrogens with one attached hydrogen (secondary N) is 1. The van der Waals surface area contributed by atoms with Gasteiger partial charge in [0.15, 0.2) is 0 Å². The molecule has 38 heavy (non-hydrogen) atoms. The van der Waals surface area contributed by atoms with Gasteiger partial charge in [0.05, 0.1) is 0 Å². The number of esters is 1. The summed E-state index contributed by atoms with van der Waals surface area (Å²) in [6.07, 6.45) is 0.802. The number of β-lactam (4-membered cyclic amide) rings is 1. The first-order valence-corrected chi connectivity index (χ1v) is 13.6. The van der Waals surface area contributed by atoms with Crippen molar-refractivity contribution in [1.82, 2.24) is 10.2 Å². The zero-order chi connectivity index (χ0) is 26.4. The van der Waals surface area contributed by atoms with E-state index in [-0.39, 0.29) is 23.6 Å². The molecule has 0 radical (unpaired) electrons. The Balaban J connectivity index is 1.13. The fraction of sp³-hybridized carbons (Fsp3) is 0.233. The average molecular weight is 526 g/mol. The van der Waals surface area contributed by atoms with Crippen LogP contribution >= 0.6 is 11.8 Å². The number of amides is 2. The number of carbonyl (C=O) groups is 3. The van der Waals surface area contributed by atoms with Crippen LogP contribution in [0.1, 0.15) is 35.2 Å². The third-order valence-corrected chi connectivity index (χ3v) is 8.82. The molecule has 8 heteroatoms. The lowest BCUT2D eigenvalue weighted by Crippen LogP contribution is -2.71. The maximum absolute atomic E-state index is 13.3. The number of carbonyl (C=O) groups excluding carboxylic acids is 3. The first-order valence-electron chi connectivity index (χ1n) is 12.6. The van der Waals surface area contributed by atoms with Crippen LogP contribution in [0.5, 0.6) is 0 Å². The van der Waals surface area contributed by atoms with E-state index < -0.39 is 24.0 Å². The standard InChI is InChI=1S/C30H27N3O4S/c1-17-16-38-29-25(32-27(34)24(31)18-8-3-2-4-9-18)28(35)33(29)26(17)30(36)37-15-20-11-7-13-22-21-12-6-5-10-19(21)14-23(20)22/h2-13,24-25,29H,14-16,31H2,1H3,(H,32,34)/t24-,25-,29-/m1/s1. The first-order chi connectivity index (χ1) is 18.4. The summed E-state index contributed by atoms with van der Waals surface area (Å²) in [5.41, 5.74) is 13.6. The highest BCUT2D eigenvalue weighted by Crippen LogP contribution is 2.41. The minimum Gasteiger partial charge on any atom is -0.456 e. The zero-order valence-corrected chi connectivity index (χ0v) is 21.7. The molecule has 3 aliphatic rings. The van der Waals surface area contributed by atoms with Gasteiger partial charge < -0.3 is 15.8 Å². The summed E-state index contributed by atoms with van der Waals surface area (Å²) in [5.74, 6) is -0.728. The van der Waals surface area contributed by atoms with Crippen molar-refractivity contribution in [3.05, 3.63) is 106 Å². The molecule has 0 spiro atoms. The normalized spacial score (nSPS) is 20.2. The Morgan fingerprint density at radius 2 is 1.79 bits per heavy atom. The summed E-state index contributed by atoms with van der Waals surface area (Å²) in [6.45, 7) is 1.96. The van der Waals surface area contributed by atoms with Gasteiger partial charge in [-0.25, -0.2) is 4.79 Å². The highest BCUT2D eigenvalue weighted by Gasteiger charge is 2.54. The van der Waals surface area contributed by atoms with Crippen LogP contribution in [0.15, 0.2) is 84.1 Å². The zero-order valence-electron chi connectivity index (χ0n) is 20.8. The molecule has 1 saturated heterocycles. The lowest BCUT2D eigenvalue weighted by molar-refractivity contribution is -0.153. The molecule has 3 N–H and O–H groups in total. The smallest absolute Gasteiger partial charge is 0.355 e. The Kier molecular flexibility index (Phi) is 6.29. The minimum atomic E-state index is -0.882. The van der Waals surface area contributed by atoms with E-state index in [4.69, 9.17) is 10.5 Å². The van der Waals surface area contributed by atoms with Crippen molar-refractivity contribution in [2.24, 2.45) is 5.73 Å². The third kappa shape index (κ3) is 4.10. The van der Waals surface area contributed by atoms with Crippen molar-refractivity contribution in [1.29, 1.82) is 0 Å². The predicted molar refractivity (Wildman–Crippen MR) is 146 cm³/mol. The van der Waals surface area contributed by atoms with Gasteiger partial charge in [0.1, 0.15) is 29.8 Å². The molecule has 0 bridgehead atoms. The van der Waals surface area contributed by atoms with Crippen molar-refractivity contribution in [3.63, 3.8) is 0 Å². The number of hydrogen-bond donors (Lipinski definition) is 2. The molecule has 0 aromatic heterocycles. The lowest BCUT2D eigenvalue weighted by Gasteiger charge is -2.49. The average Bonchev–Trinajstić information content (AvgIpc) is 3.33. The number of nitrogens with zero attached hydrogens (tertiary/aromatic N) is 1. The molecular weight excluding hydrogens is 498 g/mol. The first kappa shape index (κ1) is 24.5. The predicted octanol–water partition coefficient (Wildman–Crippen LogP) is 3.67. The number of ether oxygens (including phenoxy) is 1. The van der Waals surface area contributed by atoms with Crippen LogP contribution in [-0.2, 0) is 32.1 Å². The van der Waals surface area contributed by atoms with Gasteiger partial charge in [0.25, 0.3) is 5.91 Å². The molecule has 0 saturated carbocycles. The molecule has 3 aromatic carbocycles. The third-order valence-electron chi connectivity index (χ3n) is 7.40. The van der Waals surface area contributed by atoms with Gasteiger partial charge in [0.2, 0.25) is 5.91 Å². The van der Waals surface area contributed by atoms with Crippen LogP contribution in [0, 0.1) is 0 Å². The maximum atomic E-state index is 13.3. The molecule has 2 amide bonds. The van der Waals surface area contributed by atoms with Gasteiger partial charge in [-0.15, -0.1) is 11.8 Å². The summed E-state index contributed by atoms with van der Waals surface area (Å²) < 4.78 is 5.77. The number of rotatable bonds is 6. The van der Waals surface area contributed by atoms with Crippen molar-refractivity contribution in [3.8, 4) is 11.1 Å². The van der Waals surface area contributed by atoms with E-state index in [1.54, 1.807) is 12.1 Å². The van der Waals surface area contributed by atoms with E-state index in [9.17, 15) is 14.4 Å². The fourth-order valence-corrected chi connectivity index (χ4v) is 6.68. The minimum absolute atomic E-state index is 0.124. The van der Waals surface area contributed by atoms with Gasteiger partial charge in [-0.1, -0.05) is 72.8 Å². The highest BCUT2D eigenvalue weighted by molar-refractivity contribution is 8.00. The second-order valence-corrected chi connectivity index (χ2v) is 10.9. The lowest BCUT2D eigenvalue weighted by atomic mass is 10.0. The molecule has 0 unspecified atom stereocenters. The molecule has 3 aromatic rings. The number of hydrogen-bond acceptors (Lipinski definition) is 6. The molecule has 1 fully saturated rings. The second-order valence-electron chi connectivity index (χ2n) is 9.77. The van der Waals surface area contributed by atoms with Crippen molar-refractivity contribution >= 4 is 29.5 Å².